The molecule has 0 aliphatic carbocycles. The fourth-order valence-electron chi connectivity index (χ4n) is 0. The van der Waals surface area contributed by atoms with Crippen molar-refractivity contribution in [2.45, 2.75) is 13.3 Å². The van der Waals surface area contributed by atoms with Gasteiger partial charge in [-0.05, 0) is 0 Å². The van der Waals surface area contributed by atoms with Crippen LogP contribution in [-0.4, -0.2) is 0 Å². The molecule has 1 radical (unpaired) electrons. The molecule has 0 aromatic rings. The van der Waals surface area contributed by atoms with Crippen LogP contribution in [-0.2, 0) is 18.6 Å². The van der Waals surface area contributed by atoms with Crippen LogP contribution in [0.1, 0.15) is 14.7 Å². The molecular weight excluding hydrogens is 214 g/mol. The molecular formula is C3H6IV-. The van der Waals surface area contributed by atoms with Gasteiger partial charge in [-0.25, -0.2) is 0 Å². The number of hydrogen-bond donors (Lipinski definition) is 0. The summed E-state index contributed by atoms with van der Waals surface area (Å²) in [6, 6.07) is 0. The van der Waals surface area contributed by atoms with Crippen molar-refractivity contribution < 1.29 is 19.9 Å². The molecule has 0 bridgehead atoms. The van der Waals surface area contributed by atoms with Crippen molar-refractivity contribution in [1.29, 1.82) is 0 Å². The normalized spacial score (nSPS) is 8.60. The zero-order chi connectivity index (χ0) is 4.12. The van der Waals surface area contributed by atoms with Gasteiger partial charge in [0.1, 0.15) is 0 Å². The molecule has 2 heteroatoms. The number of hydrogen-bond acceptors (Lipinski definition) is 0. The van der Waals surface area contributed by atoms with Gasteiger partial charge in [-0.3, -0.25) is 4.43 Å². The molecule has 0 heterocycles. The largest absolute Gasteiger partial charge is 0.316 e. The van der Waals surface area contributed by atoms with Crippen LogP contribution in [0.5, 0.6) is 0 Å². The minimum Gasteiger partial charge on any atom is -0.316 e. The van der Waals surface area contributed by atoms with Crippen molar-refractivity contribution in [2.24, 2.45) is 0 Å². The van der Waals surface area contributed by atoms with Gasteiger partial charge in [0.2, 0.25) is 0 Å². The summed E-state index contributed by atoms with van der Waals surface area (Å²) in [7, 11) is 0. The van der Waals surface area contributed by atoms with E-state index in [1.54, 1.807) is 0 Å². The first-order valence-electron chi connectivity index (χ1n) is 1.83. The zero-order valence-electron chi connectivity index (χ0n) is 3.82. The van der Waals surface area contributed by atoms with E-state index < -0.39 is 0 Å². The van der Waals surface area contributed by atoms with Crippen LogP contribution in [0.3, 0.4) is 0 Å². The summed E-state index contributed by atoms with van der Waals surface area (Å²) in [5.74, 6) is 0. The first-order valence-corrected chi connectivity index (χ1v) is 2.37. The Balaban J connectivity index is 0. The zero-order valence-corrected chi connectivity index (χ0v) is 6.37. The third-order valence-corrected chi connectivity index (χ3v) is 0.732. The average molecular weight is 221 g/mol. The summed E-state index contributed by atoms with van der Waals surface area (Å²) in [4.78, 5) is 0. The van der Waals surface area contributed by atoms with Crippen LogP contribution < -0.4 is 0 Å². The molecule has 0 rings (SSSR count). The third kappa shape index (κ3) is 10.9. The predicted octanol–water partition coefficient (Wildman–Crippen LogP) is 1.99. The van der Waals surface area contributed by atoms with Gasteiger partial charge in [-0.2, -0.15) is 6.42 Å². The van der Waals surface area contributed by atoms with E-state index >= 15 is 0 Å². The number of rotatable bonds is 1. The molecule has 0 nitrogen and oxygen atoms in total. The molecule has 0 atom stereocenters. The summed E-state index contributed by atoms with van der Waals surface area (Å²) in [5.41, 5.74) is 0. The molecule has 0 aromatic heterocycles. The van der Waals surface area contributed by atoms with Crippen LogP contribution >= 0.6 is 22.6 Å². The standard InChI is InChI=1S/C3H6I.V/c1-2-3-4;/h3H,2H2,1H3;/q-1;/i1D;. The molecule has 0 aromatic carbocycles. The van der Waals surface area contributed by atoms with E-state index in [0.717, 1.165) is 6.42 Å². The Hall–Kier alpha value is 1.31. The van der Waals surface area contributed by atoms with Crippen molar-refractivity contribution in [3.63, 3.8) is 0 Å². The van der Waals surface area contributed by atoms with Crippen molar-refractivity contribution in [2.75, 3.05) is 0 Å². The molecule has 0 aliphatic rings. The molecule has 0 amide bonds. The van der Waals surface area contributed by atoms with Crippen LogP contribution in [0.25, 0.3) is 0 Å². The van der Waals surface area contributed by atoms with Crippen molar-refractivity contribution >= 4 is 22.6 Å². The van der Waals surface area contributed by atoms with E-state index in [1.165, 1.54) is 0 Å². The monoisotopic (exact) mass is 221 g/mol. The maximum absolute atomic E-state index is 6.57. The molecule has 0 N–H and O–H groups in total. The summed E-state index contributed by atoms with van der Waals surface area (Å²) >= 11 is 2.14. The predicted molar refractivity (Wildman–Crippen MR) is 28.6 cm³/mol. The summed E-state index contributed by atoms with van der Waals surface area (Å²) in [6.45, 7) is 0.531. The Morgan fingerprint density at radius 1 is 2.20 bits per heavy atom. The fourth-order valence-corrected chi connectivity index (χ4v) is 0. The second-order valence-electron chi connectivity index (χ2n) is 0.443. The molecule has 0 unspecified atom stereocenters. The van der Waals surface area contributed by atoms with E-state index in [9.17, 15) is 0 Å². The fraction of sp³-hybridized carbons (Fsp3) is 0.667. The molecule has 0 saturated heterocycles. The topological polar surface area (TPSA) is 0 Å². The van der Waals surface area contributed by atoms with Gasteiger partial charge >= 0.3 is 0 Å². The van der Waals surface area contributed by atoms with Gasteiger partial charge < -0.3 is 22.6 Å². The average Bonchev–Trinajstić information content (AvgIpc) is 1.41. The Bertz CT molecular complexity index is 18.3. The molecule has 31 valence electrons. The Labute approximate surface area is 60.1 Å². The second kappa shape index (κ2) is 9.01. The van der Waals surface area contributed by atoms with Gasteiger partial charge in [-0.1, -0.05) is 6.90 Å². The third-order valence-electron chi connectivity index (χ3n) is 0.109. The van der Waals surface area contributed by atoms with Gasteiger partial charge in [0.05, 0.1) is 0 Å². The van der Waals surface area contributed by atoms with Crippen LogP contribution in [0.15, 0.2) is 0 Å². The molecule has 0 saturated carbocycles. The number of halogens is 1. The quantitative estimate of drug-likeness (QED) is 0.469. The van der Waals surface area contributed by atoms with Gasteiger partial charge in [0.25, 0.3) is 0 Å². The minimum absolute atomic E-state index is 0. The summed E-state index contributed by atoms with van der Waals surface area (Å²) < 4.78 is 8.53. The molecule has 0 fully saturated rings. The van der Waals surface area contributed by atoms with Gasteiger partial charge in [0, 0.05) is 19.9 Å². The summed E-state index contributed by atoms with van der Waals surface area (Å²) in [6.07, 6.45) is 0.917. The Morgan fingerprint density at radius 3 is 2.80 bits per heavy atom. The van der Waals surface area contributed by atoms with Crippen LogP contribution in [0, 0.1) is 4.43 Å². The van der Waals surface area contributed by atoms with E-state index in [0.29, 0.717) is 6.90 Å². The maximum Gasteiger partial charge on any atom is 0.0204 e. The van der Waals surface area contributed by atoms with Gasteiger partial charge in [-0.15, -0.1) is 0 Å². The first kappa shape index (κ1) is 6.31. The van der Waals surface area contributed by atoms with E-state index in [4.69, 9.17) is 1.37 Å². The first-order chi connectivity index (χ1) is 2.41. The molecule has 0 aliphatic heterocycles. The maximum atomic E-state index is 6.57. The SMILES string of the molecule is [2H]CC[CH-]I.[V]. The van der Waals surface area contributed by atoms with Crippen LogP contribution in [0.4, 0.5) is 0 Å². The molecule has 5 heavy (non-hydrogen) atoms. The van der Waals surface area contributed by atoms with Crippen LogP contribution in [0.2, 0.25) is 0 Å². The van der Waals surface area contributed by atoms with E-state index in [-0.39, 0.29) is 18.6 Å². The van der Waals surface area contributed by atoms with Gasteiger partial charge in [0.15, 0.2) is 0 Å². The van der Waals surface area contributed by atoms with Crippen molar-refractivity contribution in [1.82, 2.24) is 0 Å². The Kier molecular flexibility index (Phi) is 11.4. The minimum atomic E-state index is 0. The van der Waals surface area contributed by atoms with E-state index in [2.05, 4.69) is 22.6 Å². The van der Waals surface area contributed by atoms with Crippen molar-refractivity contribution in [3.05, 3.63) is 4.43 Å². The van der Waals surface area contributed by atoms with E-state index in [1.807, 2.05) is 4.43 Å². The summed E-state index contributed by atoms with van der Waals surface area (Å²) in [5, 5.41) is 0. The van der Waals surface area contributed by atoms with Crippen molar-refractivity contribution in [3.8, 4) is 0 Å². The Morgan fingerprint density at radius 2 is 2.80 bits per heavy atom. The smallest absolute Gasteiger partial charge is 0.0204 e. The molecule has 0 spiro atoms. The second-order valence-corrected chi connectivity index (χ2v) is 1.32.